The standard InChI is InChI=1S/C12H21N5O2/c1-7(2)18-12-15-10(13)14-11(16-12)17-5-8(3)19-9(4)6-17/h7-9H,5-6H2,1-4H3,(H2,13,14,15,16). The second-order valence-electron chi connectivity index (χ2n) is 5.11. The summed E-state index contributed by atoms with van der Waals surface area (Å²) < 4.78 is 11.2. The maximum absolute atomic E-state index is 5.71. The molecule has 7 nitrogen and oxygen atoms in total. The van der Waals surface area contributed by atoms with Crippen molar-refractivity contribution < 1.29 is 9.47 Å². The van der Waals surface area contributed by atoms with Crippen molar-refractivity contribution in [2.45, 2.75) is 46.0 Å². The molecule has 2 unspecified atom stereocenters. The lowest BCUT2D eigenvalue weighted by molar-refractivity contribution is -0.00578. The predicted octanol–water partition coefficient (Wildman–Crippen LogP) is 0.855. The molecule has 2 atom stereocenters. The quantitative estimate of drug-likeness (QED) is 0.868. The van der Waals surface area contributed by atoms with E-state index in [2.05, 4.69) is 15.0 Å². The van der Waals surface area contributed by atoms with Gasteiger partial charge in [-0.1, -0.05) is 0 Å². The molecule has 2 N–H and O–H groups in total. The topological polar surface area (TPSA) is 86.4 Å². The molecule has 0 spiro atoms. The lowest BCUT2D eigenvalue weighted by atomic mass is 10.2. The molecule has 7 heteroatoms. The molecule has 1 aromatic rings. The first-order chi connectivity index (χ1) is 8.94. The molecule has 1 aliphatic heterocycles. The van der Waals surface area contributed by atoms with Crippen LogP contribution in [0.2, 0.25) is 0 Å². The zero-order chi connectivity index (χ0) is 14.0. The molecule has 0 aliphatic carbocycles. The van der Waals surface area contributed by atoms with Crippen molar-refractivity contribution in [1.82, 2.24) is 15.0 Å². The lowest BCUT2D eigenvalue weighted by Gasteiger charge is -2.35. The largest absolute Gasteiger partial charge is 0.461 e. The summed E-state index contributed by atoms with van der Waals surface area (Å²) >= 11 is 0. The van der Waals surface area contributed by atoms with Crippen LogP contribution >= 0.6 is 0 Å². The van der Waals surface area contributed by atoms with Crippen LogP contribution in [0.15, 0.2) is 0 Å². The molecule has 0 aromatic carbocycles. The van der Waals surface area contributed by atoms with Crippen molar-refractivity contribution in [1.29, 1.82) is 0 Å². The van der Waals surface area contributed by atoms with Crippen LogP contribution < -0.4 is 15.4 Å². The van der Waals surface area contributed by atoms with Crippen LogP contribution in [0.25, 0.3) is 0 Å². The summed E-state index contributed by atoms with van der Waals surface area (Å²) in [6.07, 6.45) is 0.268. The molecule has 106 valence electrons. The average Bonchev–Trinajstić information content (AvgIpc) is 2.25. The summed E-state index contributed by atoms with van der Waals surface area (Å²) in [5.41, 5.74) is 5.71. The summed E-state index contributed by atoms with van der Waals surface area (Å²) in [4.78, 5) is 14.5. The highest BCUT2D eigenvalue weighted by Crippen LogP contribution is 2.19. The fourth-order valence-corrected chi connectivity index (χ4v) is 2.11. The van der Waals surface area contributed by atoms with Crippen molar-refractivity contribution in [3.8, 4) is 6.01 Å². The van der Waals surface area contributed by atoms with Crippen LogP contribution in [0, 0.1) is 0 Å². The van der Waals surface area contributed by atoms with Crippen LogP contribution in [0.5, 0.6) is 6.01 Å². The van der Waals surface area contributed by atoms with Crippen LogP contribution in [0.1, 0.15) is 27.7 Å². The average molecular weight is 267 g/mol. The first-order valence-corrected chi connectivity index (χ1v) is 6.52. The number of nitrogen functional groups attached to an aromatic ring is 1. The lowest BCUT2D eigenvalue weighted by Crippen LogP contribution is -2.46. The smallest absolute Gasteiger partial charge is 0.323 e. The van der Waals surface area contributed by atoms with Crippen molar-refractivity contribution in [3.05, 3.63) is 0 Å². The summed E-state index contributed by atoms with van der Waals surface area (Å²) in [6, 6.07) is 0.268. The second kappa shape index (κ2) is 5.56. The van der Waals surface area contributed by atoms with E-state index in [-0.39, 0.29) is 30.3 Å². The second-order valence-corrected chi connectivity index (χ2v) is 5.11. The van der Waals surface area contributed by atoms with Gasteiger partial charge in [0, 0.05) is 13.1 Å². The van der Waals surface area contributed by atoms with E-state index in [1.807, 2.05) is 32.6 Å². The van der Waals surface area contributed by atoms with Gasteiger partial charge in [0.1, 0.15) is 0 Å². The van der Waals surface area contributed by atoms with Crippen molar-refractivity contribution in [2.24, 2.45) is 0 Å². The van der Waals surface area contributed by atoms with Crippen LogP contribution in [-0.4, -0.2) is 46.4 Å². The van der Waals surface area contributed by atoms with E-state index in [9.17, 15) is 0 Å². The minimum Gasteiger partial charge on any atom is -0.461 e. The summed E-state index contributed by atoms with van der Waals surface area (Å²) in [7, 11) is 0. The van der Waals surface area contributed by atoms with Crippen LogP contribution in [0.3, 0.4) is 0 Å². The molecular weight excluding hydrogens is 246 g/mol. The number of hydrogen-bond donors (Lipinski definition) is 1. The Morgan fingerprint density at radius 1 is 1.21 bits per heavy atom. The van der Waals surface area contributed by atoms with Crippen molar-refractivity contribution >= 4 is 11.9 Å². The van der Waals surface area contributed by atoms with E-state index < -0.39 is 0 Å². The van der Waals surface area contributed by atoms with E-state index in [1.165, 1.54) is 0 Å². The Labute approximate surface area is 113 Å². The minimum atomic E-state index is -0.00261. The number of hydrogen-bond acceptors (Lipinski definition) is 7. The minimum absolute atomic E-state index is 0.00261. The third-order valence-corrected chi connectivity index (χ3v) is 2.66. The highest BCUT2D eigenvalue weighted by atomic mass is 16.5. The molecule has 0 bridgehead atoms. The molecule has 0 radical (unpaired) electrons. The van der Waals surface area contributed by atoms with E-state index >= 15 is 0 Å². The molecule has 19 heavy (non-hydrogen) atoms. The maximum Gasteiger partial charge on any atom is 0.323 e. The van der Waals surface area contributed by atoms with Gasteiger partial charge in [-0.2, -0.15) is 15.0 Å². The van der Waals surface area contributed by atoms with E-state index in [0.717, 1.165) is 13.1 Å². The van der Waals surface area contributed by atoms with E-state index in [0.29, 0.717) is 5.95 Å². The number of rotatable bonds is 3. The first-order valence-electron chi connectivity index (χ1n) is 6.52. The fourth-order valence-electron chi connectivity index (χ4n) is 2.11. The van der Waals surface area contributed by atoms with Crippen molar-refractivity contribution in [3.63, 3.8) is 0 Å². The SMILES string of the molecule is CC(C)Oc1nc(N)nc(N2CC(C)OC(C)C2)n1. The molecular formula is C12H21N5O2. The van der Waals surface area contributed by atoms with Gasteiger partial charge in [0.2, 0.25) is 11.9 Å². The third kappa shape index (κ3) is 3.66. The summed E-state index contributed by atoms with van der Waals surface area (Å²) in [5.74, 6) is 0.720. The van der Waals surface area contributed by atoms with E-state index in [1.54, 1.807) is 0 Å². The van der Waals surface area contributed by atoms with Gasteiger partial charge < -0.3 is 20.1 Å². The summed E-state index contributed by atoms with van der Waals surface area (Å²) in [6.45, 7) is 9.35. The zero-order valence-electron chi connectivity index (χ0n) is 11.8. The maximum atomic E-state index is 5.71. The number of ether oxygens (including phenoxy) is 2. The zero-order valence-corrected chi connectivity index (χ0v) is 11.8. The van der Waals surface area contributed by atoms with Gasteiger partial charge in [-0.05, 0) is 27.7 Å². The van der Waals surface area contributed by atoms with Crippen LogP contribution in [-0.2, 0) is 4.74 Å². The monoisotopic (exact) mass is 267 g/mol. The predicted molar refractivity (Wildman–Crippen MR) is 72.2 cm³/mol. The molecule has 0 amide bonds. The fraction of sp³-hybridized carbons (Fsp3) is 0.750. The molecule has 0 saturated carbocycles. The summed E-state index contributed by atoms with van der Waals surface area (Å²) in [5, 5.41) is 0. The van der Waals surface area contributed by atoms with Gasteiger partial charge in [0.25, 0.3) is 0 Å². The van der Waals surface area contributed by atoms with Crippen molar-refractivity contribution in [2.75, 3.05) is 23.7 Å². The Hall–Kier alpha value is -1.63. The number of nitrogens with two attached hydrogens (primary N) is 1. The Bertz CT molecular complexity index is 430. The molecule has 1 fully saturated rings. The highest BCUT2D eigenvalue weighted by molar-refractivity contribution is 5.36. The Kier molecular flexibility index (Phi) is 4.04. The Morgan fingerprint density at radius 2 is 1.84 bits per heavy atom. The molecule has 1 aromatic heterocycles. The normalized spacial score (nSPS) is 23.7. The number of aromatic nitrogens is 3. The molecule has 1 aliphatic rings. The number of morpholine rings is 1. The third-order valence-electron chi connectivity index (χ3n) is 2.66. The van der Waals surface area contributed by atoms with Gasteiger partial charge in [-0.15, -0.1) is 0 Å². The van der Waals surface area contributed by atoms with E-state index in [4.69, 9.17) is 15.2 Å². The first kappa shape index (κ1) is 13.8. The Morgan fingerprint density at radius 3 is 2.42 bits per heavy atom. The molecule has 2 heterocycles. The highest BCUT2D eigenvalue weighted by Gasteiger charge is 2.25. The number of anilines is 2. The van der Waals surface area contributed by atoms with Gasteiger partial charge >= 0.3 is 6.01 Å². The van der Waals surface area contributed by atoms with Crippen LogP contribution in [0.4, 0.5) is 11.9 Å². The molecule has 2 rings (SSSR count). The van der Waals surface area contributed by atoms with Gasteiger partial charge in [-0.3, -0.25) is 0 Å². The van der Waals surface area contributed by atoms with Gasteiger partial charge in [-0.25, -0.2) is 0 Å². The van der Waals surface area contributed by atoms with Gasteiger partial charge in [0.15, 0.2) is 0 Å². The Balaban J connectivity index is 2.21. The number of nitrogens with zero attached hydrogens (tertiary/aromatic N) is 4. The van der Waals surface area contributed by atoms with Gasteiger partial charge in [0.05, 0.1) is 18.3 Å². The molecule has 1 saturated heterocycles.